The smallest absolute Gasteiger partial charge is 0.344 e. The van der Waals surface area contributed by atoms with Crippen molar-refractivity contribution in [3.8, 4) is 0 Å². The minimum absolute atomic E-state index is 0.103. The van der Waals surface area contributed by atoms with Crippen LogP contribution < -0.4 is 0 Å². The lowest BCUT2D eigenvalue weighted by atomic mass is 10.1. The molecule has 0 atom stereocenters. The Morgan fingerprint density at radius 2 is 1.32 bits per heavy atom. The van der Waals surface area contributed by atoms with E-state index in [0.717, 1.165) is 0 Å². The van der Waals surface area contributed by atoms with Crippen LogP contribution in [0.15, 0.2) is 0 Å². The van der Waals surface area contributed by atoms with Gasteiger partial charge in [0.15, 0.2) is 13.2 Å². The number of ether oxygens (including phenoxy) is 3. The highest BCUT2D eigenvalue weighted by Crippen LogP contribution is 2.05. The Bertz CT molecular complexity index is 377. The Kier molecular flexibility index (Phi) is 11.4. The van der Waals surface area contributed by atoms with Crippen molar-refractivity contribution in [2.24, 2.45) is 0 Å². The van der Waals surface area contributed by atoms with Crippen LogP contribution in [0.25, 0.3) is 0 Å². The van der Waals surface area contributed by atoms with E-state index in [4.69, 9.17) is 14.6 Å². The van der Waals surface area contributed by atoms with E-state index in [1.54, 1.807) is 0 Å². The van der Waals surface area contributed by atoms with Crippen LogP contribution in [0.2, 0.25) is 0 Å². The summed E-state index contributed by atoms with van der Waals surface area (Å²) in [5.74, 6) is -2.85. The minimum Gasteiger partial charge on any atom is -0.479 e. The molecule has 0 bridgehead atoms. The number of hydrogen-bond acceptors (Lipinski definition) is 7. The Morgan fingerprint density at radius 3 is 1.82 bits per heavy atom. The summed E-state index contributed by atoms with van der Waals surface area (Å²) in [6, 6.07) is 0. The molecule has 0 heterocycles. The molecule has 0 aliphatic carbocycles. The average Bonchev–Trinajstić information content (AvgIpc) is 2.48. The van der Waals surface area contributed by atoms with Gasteiger partial charge in [0.1, 0.15) is 0 Å². The van der Waals surface area contributed by atoms with Crippen molar-refractivity contribution < 1.29 is 38.5 Å². The first kappa shape index (κ1) is 19.9. The number of carboxylic acid groups (broad SMARTS) is 1. The molecule has 0 unspecified atom stereocenters. The Morgan fingerprint density at radius 1 is 0.773 bits per heavy atom. The van der Waals surface area contributed by atoms with Gasteiger partial charge in [-0.3, -0.25) is 9.59 Å². The molecule has 1 N–H and O–H groups in total. The Hall–Kier alpha value is -2.12. The summed E-state index contributed by atoms with van der Waals surface area (Å²) >= 11 is 0. The summed E-state index contributed by atoms with van der Waals surface area (Å²) in [4.78, 5) is 43.6. The van der Waals surface area contributed by atoms with Crippen molar-refractivity contribution in [3.63, 3.8) is 0 Å². The molecule has 0 aromatic carbocycles. The van der Waals surface area contributed by atoms with Crippen LogP contribution in [-0.4, -0.2) is 48.8 Å². The Labute approximate surface area is 128 Å². The molecule has 0 amide bonds. The van der Waals surface area contributed by atoms with Crippen LogP contribution in [0.4, 0.5) is 0 Å². The monoisotopic (exact) mass is 318 g/mol. The SMILES string of the molecule is CCCOC(=O)COC(=O)CCCCCC(=O)OCC(=O)O. The number of hydrogen-bond donors (Lipinski definition) is 1. The summed E-state index contributed by atoms with van der Waals surface area (Å²) in [5.41, 5.74) is 0. The van der Waals surface area contributed by atoms with Crippen LogP contribution in [0.1, 0.15) is 45.4 Å². The van der Waals surface area contributed by atoms with Crippen molar-refractivity contribution in [1.29, 1.82) is 0 Å². The third-order valence-corrected chi connectivity index (χ3v) is 2.44. The van der Waals surface area contributed by atoms with E-state index in [1.807, 2.05) is 6.92 Å². The van der Waals surface area contributed by atoms with Gasteiger partial charge in [-0.2, -0.15) is 0 Å². The van der Waals surface area contributed by atoms with Gasteiger partial charge in [-0.25, -0.2) is 9.59 Å². The highest BCUT2D eigenvalue weighted by molar-refractivity contribution is 5.76. The first-order valence-electron chi connectivity index (χ1n) is 7.14. The molecule has 0 radical (unpaired) electrons. The number of unbranched alkanes of at least 4 members (excludes halogenated alkanes) is 2. The molecule has 0 aromatic rings. The molecule has 0 rings (SSSR count). The fourth-order valence-electron chi connectivity index (χ4n) is 1.40. The zero-order valence-electron chi connectivity index (χ0n) is 12.7. The molecule has 0 aliphatic heterocycles. The molecule has 22 heavy (non-hydrogen) atoms. The first-order chi connectivity index (χ1) is 10.5. The highest BCUT2D eigenvalue weighted by Gasteiger charge is 2.09. The normalized spacial score (nSPS) is 9.86. The predicted octanol–water partition coefficient (Wildman–Crippen LogP) is 1.06. The van der Waals surface area contributed by atoms with Gasteiger partial charge in [0.05, 0.1) is 6.61 Å². The van der Waals surface area contributed by atoms with Crippen molar-refractivity contribution in [2.45, 2.75) is 45.4 Å². The molecule has 126 valence electrons. The van der Waals surface area contributed by atoms with Gasteiger partial charge in [-0.15, -0.1) is 0 Å². The zero-order valence-corrected chi connectivity index (χ0v) is 12.7. The minimum atomic E-state index is -1.20. The second-order valence-corrected chi connectivity index (χ2v) is 4.50. The molecule has 0 aliphatic rings. The largest absolute Gasteiger partial charge is 0.479 e. The van der Waals surface area contributed by atoms with Crippen LogP contribution in [0.5, 0.6) is 0 Å². The topological polar surface area (TPSA) is 116 Å². The van der Waals surface area contributed by atoms with Crippen LogP contribution in [-0.2, 0) is 33.4 Å². The van der Waals surface area contributed by atoms with Crippen LogP contribution in [0, 0.1) is 0 Å². The maximum atomic E-state index is 11.3. The molecular weight excluding hydrogens is 296 g/mol. The molecule has 0 saturated heterocycles. The fourth-order valence-corrected chi connectivity index (χ4v) is 1.40. The van der Waals surface area contributed by atoms with E-state index in [1.165, 1.54) is 0 Å². The number of rotatable bonds is 12. The lowest BCUT2D eigenvalue weighted by Gasteiger charge is -2.05. The van der Waals surface area contributed by atoms with Gasteiger partial charge in [0.25, 0.3) is 0 Å². The maximum Gasteiger partial charge on any atom is 0.344 e. The lowest BCUT2D eigenvalue weighted by Crippen LogP contribution is -2.16. The highest BCUT2D eigenvalue weighted by atomic mass is 16.6. The summed E-state index contributed by atoms with van der Waals surface area (Å²) in [6.45, 7) is 1.13. The molecule has 0 spiro atoms. The van der Waals surface area contributed by atoms with Crippen molar-refractivity contribution in [1.82, 2.24) is 0 Å². The van der Waals surface area contributed by atoms with Crippen molar-refractivity contribution in [3.05, 3.63) is 0 Å². The molecule has 0 saturated carbocycles. The van der Waals surface area contributed by atoms with E-state index < -0.39 is 30.5 Å². The molecule has 0 aromatic heterocycles. The van der Waals surface area contributed by atoms with Gasteiger partial charge in [0, 0.05) is 12.8 Å². The quantitative estimate of drug-likeness (QED) is 0.322. The number of esters is 3. The molecular formula is C14H22O8. The van der Waals surface area contributed by atoms with E-state index in [-0.39, 0.29) is 19.4 Å². The van der Waals surface area contributed by atoms with Gasteiger partial charge in [-0.05, 0) is 19.3 Å². The van der Waals surface area contributed by atoms with Gasteiger partial charge < -0.3 is 19.3 Å². The standard InChI is InChI=1S/C14H22O8/c1-2-8-20-14(19)10-22-13(18)7-5-3-4-6-12(17)21-9-11(15)16/h2-10H2,1H3,(H,15,16). The van der Waals surface area contributed by atoms with Crippen LogP contribution in [0.3, 0.4) is 0 Å². The van der Waals surface area contributed by atoms with E-state index in [9.17, 15) is 19.2 Å². The van der Waals surface area contributed by atoms with E-state index in [0.29, 0.717) is 32.3 Å². The molecule has 0 fully saturated rings. The van der Waals surface area contributed by atoms with E-state index in [2.05, 4.69) is 4.74 Å². The van der Waals surface area contributed by atoms with Crippen LogP contribution >= 0.6 is 0 Å². The number of carboxylic acids is 1. The van der Waals surface area contributed by atoms with E-state index >= 15 is 0 Å². The summed E-state index contributed by atoms with van der Waals surface area (Å²) in [6.07, 6.45) is 2.54. The zero-order chi connectivity index (χ0) is 16.8. The Balaban J connectivity index is 3.50. The predicted molar refractivity (Wildman–Crippen MR) is 73.9 cm³/mol. The van der Waals surface area contributed by atoms with Crippen molar-refractivity contribution >= 4 is 23.9 Å². The summed E-state index contributed by atoms with van der Waals surface area (Å²) in [7, 11) is 0. The second-order valence-electron chi connectivity index (χ2n) is 4.50. The third kappa shape index (κ3) is 12.9. The number of carbonyl (C=O) groups is 4. The fraction of sp³-hybridized carbons (Fsp3) is 0.714. The lowest BCUT2D eigenvalue weighted by molar-refractivity contribution is -0.158. The molecule has 8 nitrogen and oxygen atoms in total. The maximum absolute atomic E-state index is 11.3. The number of carbonyl (C=O) groups excluding carboxylic acids is 3. The first-order valence-corrected chi connectivity index (χ1v) is 7.14. The second kappa shape index (κ2) is 12.6. The summed E-state index contributed by atoms with van der Waals surface area (Å²) in [5, 5.41) is 8.31. The molecule has 8 heteroatoms. The van der Waals surface area contributed by atoms with Gasteiger partial charge >= 0.3 is 23.9 Å². The average molecular weight is 318 g/mol. The van der Waals surface area contributed by atoms with Gasteiger partial charge in [-0.1, -0.05) is 13.3 Å². The summed E-state index contributed by atoms with van der Waals surface area (Å²) < 4.78 is 13.9. The van der Waals surface area contributed by atoms with Gasteiger partial charge in [0.2, 0.25) is 0 Å². The number of aliphatic carboxylic acids is 1. The third-order valence-electron chi connectivity index (χ3n) is 2.44. The van der Waals surface area contributed by atoms with Crippen molar-refractivity contribution in [2.75, 3.05) is 19.8 Å².